The van der Waals surface area contributed by atoms with Gasteiger partial charge >= 0.3 is 0 Å². The second-order valence-electron chi connectivity index (χ2n) is 3.35. The van der Waals surface area contributed by atoms with Gasteiger partial charge < -0.3 is 15.2 Å². The minimum absolute atomic E-state index is 0.290. The Morgan fingerprint density at radius 3 is 3.15 bits per heavy atom. The Kier molecular flexibility index (Phi) is 5.78. The molecule has 1 saturated heterocycles. The summed E-state index contributed by atoms with van der Waals surface area (Å²) in [6.07, 6.45) is 1.24. The van der Waals surface area contributed by atoms with Crippen molar-refractivity contribution in [2.45, 2.75) is 24.7 Å². The van der Waals surface area contributed by atoms with Gasteiger partial charge in [0.25, 0.3) is 0 Å². The standard InChI is InChI=1S/C9H19NO2S/c1-8(2-4-11)13-7-9-6-10-3-5-12-9/h8-11H,2-7H2,1H3. The molecule has 0 amide bonds. The Morgan fingerprint density at radius 2 is 2.54 bits per heavy atom. The second kappa shape index (κ2) is 6.65. The number of aliphatic hydroxyl groups is 1. The molecule has 1 fully saturated rings. The summed E-state index contributed by atoms with van der Waals surface area (Å²) in [5, 5.41) is 12.6. The van der Waals surface area contributed by atoms with Gasteiger partial charge in [-0.25, -0.2) is 0 Å². The minimum Gasteiger partial charge on any atom is -0.396 e. The molecule has 2 atom stereocenters. The molecule has 1 rings (SSSR count). The van der Waals surface area contributed by atoms with E-state index in [0.29, 0.717) is 11.4 Å². The SMILES string of the molecule is CC(CCO)SCC1CNCCO1. The summed E-state index contributed by atoms with van der Waals surface area (Å²) >= 11 is 1.88. The molecule has 1 aliphatic heterocycles. The Labute approximate surface area is 84.2 Å². The van der Waals surface area contributed by atoms with E-state index >= 15 is 0 Å². The van der Waals surface area contributed by atoms with Gasteiger partial charge in [0.15, 0.2) is 0 Å². The fraction of sp³-hybridized carbons (Fsp3) is 1.00. The Bertz CT molecular complexity index is 129. The Hall–Kier alpha value is 0.230. The van der Waals surface area contributed by atoms with Crippen LogP contribution in [0.5, 0.6) is 0 Å². The van der Waals surface area contributed by atoms with Crippen molar-refractivity contribution >= 4 is 11.8 Å². The quantitative estimate of drug-likeness (QED) is 0.685. The molecule has 0 aromatic carbocycles. The number of rotatable bonds is 5. The van der Waals surface area contributed by atoms with Crippen molar-refractivity contribution in [3.05, 3.63) is 0 Å². The van der Waals surface area contributed by atoms with Gasteiger partial charge in [-0.2, -0.15) is 11.8 Å². The highest BCUT2D eigenvalue weighted by atomic mass is 32.2. The van der Waals surface area contributed by atoms with E-state index in [0.717, 1.165) is 31.9 Å². The first-order valence-corrected chi connectivity index (χ1v) is 5.92. The normalized spacial score (nSPS) is 25.8. The number of aliphatic hydroxyl groups excluding tert-OH is 1. The van der Waals surface area contributed by atoms with E-state index in [2.05, 4.69) is 12.2 Å². The summed E-state index contributed by atoms with van der Waals surface area (Å²) in [5.74, 6) is 1.04. The van der Waals surface area contributed by atoms with Crippen LogP contribution in [0.3, 0.4) is 0 Å². The van der Waals surface area contributed by atoms with Crippen LogP contribution in [0, 0.1) is 0 Å². The van der Waals surface area contributed by atoms with Crippen molar-refractivity contribution in [2.75, 3.05) is 32.1 Å². The number of morpholine rings is 1. The molecule has 0 spiro atoms. The predicted molar refractivity (Wildman–Crippen MR) is 56.2 cm³/mol. The van der Waals surface area contributed by atoms with Crippen molar-refractivity contribution < 1.29 is 9.84 Å². The van der Waals surface area contributed by atoms with E-state index in [-0.39, 0.29) is 6.61 Å². The molecule has 0 radical (unpaired) electrons. The van der Waals surface area contributed by atoms with Crippen LogP contribution in [0.2, 0.25) is 0 Å². The van der Waals surface area contributed by atoms with Gasteiger partial charge in [-0.3, -0.25) is 0 Å². The second-order valence-corrected chi connectivity index (χ2v) is 4.82. The van der Waals surface area contributed by atoms with E-state index in [1.54, 1.807) is 0 Å². The number of hydrogen-bond acceptors (Lipinski definition) is 4. The molecule has 0 saturated carbocycles. The molecular weight excluding hydrogens is 186 g/mol. The van der Waals surface area contributed by atoms with Gasteiger partial charge in [0, 0.05) is 30.7 Å². The molecule has 3 nitrogen and oxygen atoms in total. The van der Waals surface area contributed by atoms with Crippen LogP contribution < -0.4 is 5.32 Å². The zero-order chi connectivity index (χ0) is 9.52. The third-order valence-electron chi connectivity index (χ3n) is 2.11. The van der Waals surface area contributed by atoms with Crippen LogP contribution >= 0.6 is 11.8 Å². The zero-order valence-electron chi connectivity index (χ0n) is 8.16. The van der Waals surface area contributed by atoms with Gasteiger partial charge in [0.05, 0.1) is 12.7 Å². The average molecular weight is 205 g/mol. The molecule has 4 heteroatoms. The third-order valence-corrected chi connectivity index (χ3v) is 3.48. The Balaban J connectivity index is 2.03. The lowest BCUT2D eigenvalue weighted by Crippen LogP contribution is -2.40. The van der Waals surface area contributed by atoms with E-state index in [1.807, 2.05) is 11.8 Å². The van der Waals surface area contributed by atoms with E-state index < -0.39 is 0 Å². The summed E-state index contributed by atoms with van der Waals surface area (Å²) < 4.78 is 5.56. The molecule has 13 heavy (non-hydrogen) atoms. The first-order chi connectivity index (χ1) is 6.33. The summed E-state index contributed by atoms with van der Waals surface area (Å²) in [6, 6.07) is 0. The summed E-state index contributed by atoms with van der Waals surface area (Å²) in [7, 11) is 0. The highest BCUT2D eigenvalue weighted by Crippen LogP contribution is 2.16. The van der Waals surface area contributed by atoms with Gasteiger partial charge in [0.1, 0.15) is 0 Å². The number of thioether (sulfide) groups is 1. The fourth-order valence-electron chi connectivity index (χ4n) is 1.26. The third kappa shape index (κ3) is 4.86. The first-order valence-electron chi connectivity index (χ1n) is 4.87. The van der Waals surface area contributed by atoms with Crippen LogP contribution in [0.25, 0.3) is 0 Å². The molecular formula is C9H19NO2S. The van der Waals surface area contributed by atoms with Crippen LogP contribution in [-0.4, -0.2) is 48.5 Å². The van der Waals surface area contributed by atoms with Crippen molar-refractivity contribution in [1.82, 2.24) is 5.32 Å². The van der Waals surface area contributed by atoms with Crippen LogP contribution in [-0.2, 0) is 4.74 Å². The smallest absolute Gasteiger partial charge is 0.0790 e. The van der Waals surface area contributed by atoms with E-state index in [4.69, 9.17) is 9.84 Å². The van der Waals surface area contributed by atoms with Crippen molar-refractivity contribution in [1.29, 1.82) is 0 Å². The largest absolute Gasteiger partial charge is 0.396 e. The average Bonchev–Trinajstić information content (AvgIpc) is 2.17. The monoisotopic (exact) mass is 205 g/mol. The number of hydrogen-bond donors (Lipinski definition) is 2. The van der Waals surface area contributed by atoms with Crippen LogP contribution in [0.4, 0.5) is 0 Å². The summed E-state index contributed by atoms with van der Waals surface area (Å²) in [4.78, 5) is 0. The maximum Gasteiger partial charge on any atom is 0.0790 e. The van der Waals surface area contributed by atoms with Gasteiger partial charge in [0.2, 0.25) is 0 Å². The predicted octanol–water partition coefficient (Wildman–Crippen LogP) is 0.479. The maximum atomic E-state index is 8.72. The molecule has 1 aliphatic rings. The van der Waals surface area contributed by atoms with Crippen LogP contribution in [0.15, 0.2) is 0 Å². The van der Waals surface area contributed by atoms with Gasteiger partial charge in [-0.05, 0) is 6.42 Å². The molecule has 0 bridgehead atoms. The molecule has 78 valence electrons. The molecule has 2 unspecified atom stereocenters. The lowest BCUT2D eigenvalue weighted by molar-refractivity contribution is 0.0440. The van der Waals surface area contributed by atoms with Crippen molar-refractivity contribution in [3.63, 3.8) is 0 Å². The van der Waals surface area contributed by atoms with E-state index in [9.17, 15) is 0 Å². The number of nitrogens with one attached hydrogen (secondary N) is 1. The fourth-order valence-corrected chi connectivity index (χ4v) is 2.29. The topological polar surface area (TPSA) is 41.5 Å². The highest BCUT2D eigenvalue weighted by Gasteiger charge is 2.14. The Morgan fingerprint density at radius 1 is 1.69 bits per heavy atom. The first kappa shape index (κ1) is 11.3. The van der Waals surface area contributed by atoms with Crippen LogP contribution in [0.1, 0.15) is 13.3 Å². The maximum absolute atomic E-state index is 8.72. The molecule has 0 aliphatic carbocycles. The van der Waals surface area contributed by atoms with Gasteiger partial charge in [-0.1, -0.05) is 6.92 Å². The van der Waals surface area contributed by atoms with Crippen molar-refractivity contribution in [3.8, 4) is 0 Å². The lowest BCUT2D eigenvalue weighted by atomic mass is 10.3. The number of ether oxygens (including phenoxy) is 1. The lowest BCUT2D eigenvalue weighted by Gasteiger charge is -2.24. The molecule has 0 aromatic rings. The minimum atomic E-state index is 0.290. The van der Waals surface area contributed by atoms with Crippen molar-refractivity contribution in [2.24, 2.45) is 0 Å². The molecule has 0 aromatic heterocycles. The van der Waals surface area contributed by atoms with Gasteiger partial charge in [-0.15, -0.1) is 0 Å². The zero-order valence-corrected chi connectivity index (χ0v) is 8.98. The summed E-state index contributed by atoms with van der Waals surface area (Å²) in [5.41, 5.74) is 0. The molecule has 2 N–H and O–H groups in total. The molecule has 1 heterocycles. The van der Waals surface area contributed by atoms with E-state index in [1.165, 1.54) is 0 Å². The summed E-state index contributed by atoms with van der Waals surface area (Å²) in [6.45, 7) is 5.22. The highest BCUT2D eigenvalue weighted by molar-refractivity contribution is 7.99.